The van der Waals surface area contributed by atoms with Gasteiger partial charge in [0.25, 0.3) is 5.91 Å². The zero-order chi connectivity index (χ0) is 22.4. The SMILES string of the molecule is CCN(CC)C(=O)CN1C(=O)/C(=C\c2cccc(OCOC3CCCC3)c2)N(C)C1=O. The maximum atomic E-state index is 12.8. The molecule has 2 fully saturated rings. The molecular weight excluding hydrogens is 398 g/mol. The standard InChI is InChI=1S/C23H31N3O5/c1-4-25(5-2)21(27)15-26-22(28)20(24(3)23(26)29)14-17-9-8-12-19(13-17)31-16-30-18-10-6-7-11-18/h8-9,12-14,18H,4-7,10-11,15-16H2,1-3H3/b20-14+. The lowest BCUT2D eigenvalue weighted by atomic mass is 10.1. The van der Waals surface area contributed by atoms with Crippen molar-refractivity contribution in [2.24, 2.45) is 0 Å². The summed E-state index contributed by atoms with van der Waals surface area (Å²) in [5, 5.41) is 0. The Morgan fingerprint density at radius 2 is 1.90 bits per heavy atom. The molecule has 31 heavy (non-hydrogen) atoms. The summed E-state index contributed by atoms with van der Waals surface area (Å²) in [6.45, 7) is 4.70. The average Bonchev–Trinajstić information content (AvgIpc) is 3.35. The van der Waals surface area contributed by atoms with Gasteiger partial charge in [-0.15, -0.1) is 0 Å². The van der Waals surface area contributed by atoms with E-state index in [9.17, 15) is 14.4 Å². The lowest BCUT2D eigenvalue weighted by Gasteiger charge is -2.21. The Balaban J connectivity index is 1.67. The normalized spacial score (nSPS) is 18.4. The quantitative estimate of drug-likeness (QED) is 0.342. The molecule has 1 aliphatic carbocycles. The number of ether oxygens (including phenoxy) is 2. The van der Waals surface area contributed by atoms with E-state index in [1.165, 1.54) is 24.8 Å². The number of urea groups is 1. The first-order valence-electron chi connectivity index (χ1n) is 10.9. The molecule has 0 aromatic heterocycles. The molecule has 2 aliphatic rings. The summed E-state index contributed by atoms with van der Waals surface area (Å²) < 4.78 is 11.4. The highest BCUT2D eigenvalue weighted by Gasteiger charge is 2.40. The van der Waals surface area contributed by atoms with Crippen molar-refractivity contribution in [2.75, 3.05) is 33.5 Å². The maximum Gasteiger partial charge on any atom is 0.331 e. The number of hydrogen-bond donors (Lipinski definition) is 0. The molecule has 1 heterocycles. The fourth-order valence-corrected chi connectivity index (χ4v) is 3.87. The molecule has 1 aromatic rings. The molecule has 1 saturated carbocycles. The number of carbonyl (C=O) groups is 3. The second-order valence-electron chi connectivity index (χ2n) is 7.74. The lowest BCUT2D eigenvalue weighted by molar-refractivity contribution is -0.135. The van der Waals surface area contributed by atoms with Crippen molar-refractivity contribution < 1.29 is 23.9 Å². The van der Waals surface area contributed by atoms with Crippen molar-refractivity contribution in [1.29, 1.82) is 0 Å². The maximum absolute atomic E-state index is 12.8. The summed E-state index contributed by atoms with van der Waals surface area (Å²) in [5.41, 5.74) is 0.940. The van der Waals surface area contributed by atoms with Crippen LogP contribution >= 0.6 is 0 Å². The van der Waals surface area contributed by atoms with Gasteiger partial charge in [0, 0.05) is 20.1 Å². The average molecular weight is 430 g/mol. The molecule has 0 radical (unpaired) electrons. The van der Waals surface area contributed by atoms with Crippen LogP contribution in [-0.2, 0) is 14.3 Å². The third kappa shape index (κ3) is 5.44. The van der Waals surface area contributed by atoms with Crippen molar-refractivity contribution in [1.82, 2.24) is 14.7 Å². The molecule has 0 N–H and O–H groups in total. The number of benzene rings is 1. The number of rotatable bonds is 9. The summed E-state index contributed by atoms with van der Waals surface area (Å²) in [4.78, 5) is 41.6. The smallest absolute Gasteiger partial charge is 0.331 e. The highest BCUT2D eigenvalue weighted by molar-refractivity contribution is 6.15. The Bertz CT molecular complexity index is 843. The Morgan fingerprint density at radius 1 is 1.19 bits per heavy atom. The predicted octanol–water partition coefficient (Wildman–Crippen LogP) is 3.09. The Hall–Kier alpha value is -2.87. The second kappa shape index (κ2) is 10.4. The molecule has 0 bridgehead atoms. The first-order chi connectivity index (χ1) is 14.9. The molecule has 0 unspecified atom stereocenters. The van der Waals surface area contributed by atoms with E-state index in [0.717, 1.165) is 23.3 Å². The summed E-state index contributed by atoms with van der Waals surface area (Å²) >= 11 is 0. The van der Waals surface area contributed by atoms with Gasteiger partial charge in [0.05, 0.1) is 6.10 Å². The molecule has 0 spiro atoms. The predicted molar refractivity (Wildman–Crippen MR) is 116 cm³/mol. The van der Waals surface area contributed by atoms with E-state index < -0.39 is 11.9 Å². The van der Waals surface area contributed by atoms with Crippen LogP contribution in [0.2, 0.25) is 0 Å². The van der Waals surface area contributed by atoms with Gasteiger partial charge in [-0.25, -0.2) is 9.69 Å². The van der Waals surface area contributed by atoms with Gasteiger partial charge in [-0.05, 0) is 50.5 Å². The molecule has 8 nitrogen and oxygen atoms in total. The number of imide groups is 1. The van der Waals surface area contributed by atoms with Crippen molar-refractivity contribution in [3.05, 3.63) is 35.5 Å². The first-order valence-corrected chi connectivity index (χ1v) is 10.9. The minimum absolute atomic E-state index is 0.184. The number of hydrogen-bond acceptors (Lipinski definition) is 5. The van der Waals surface area contributed by atoms with Crippen LogP contribution in [0.5, 0.6) is 5.75 Å². The van der Waals surface area contributed by atoms with Crippen LogP contribution in [-0.4, -0.2) is 72.1 Å². The minimum atomic E-state index is -0.505. The van der Waals surface area contributed by atoms with Gasteiger partial charge in [-0.1, -0.05) is 25.0 Å². The van der Waals surface area contributed by atoms with Crippen LogP contribution < -0.4 is 4.74 Å². The third-order valence-corrected chi connectivity index (χ3v) is 5.75. The number of amides is 4. The molecule has 4 amide bonds. The Kier molecular flexibility index (Phi) is 7.68. The van der Waals surface area contributed by atoms with Crippen LogP contribution in [0, 0.1) is 0 Å². The Labute approximate surface area is 183 Å². The highest BCUT2D eigenvalue weighted by atomic mass is 16.7. The van der Waals surface area contributed by atoms with Gasteiger partial charge < -0.3 is 14.4 Å². The highest BCUT2D eigenvalue weighted by Crippen LogP contribution is 2.24. The van der Waals surface area contributed by atoms with E-state index in [2.05, 4.69) is 0 Å². The molecular formula is C23H31N3O5. The summed E-state index contributed by atoms with van der Waals surface area (Å²) in [5.74, 6) is -0.108. The fraction of sp³-hybridized carbons (Fsp3) is 0.522. The molecule has 8 heteroatoms. The fourth-order valence-electron chi connectivity index (χ4n) is 3.87. The second-order valence-corrected chi connectivity index (χ2v) is 7.74. The van der Waals surface area contributed by atoms with E-state index >= 15 is 0 Å². The molecule has 0 atom stereocenters. The van der Waals surface area contributed by atoms with E-state index in [-0.39, 0.29) is 31.0 Å². The Morgan fingerprint density at radius 3 is 2.58 bits per heavy atom. The van der Waals surface area contributed by atoms with Gasteiger partial charge in [0.15, 0.2) is 6.79 Å². The van der Waals surface area contributed by atoms with E-state index in [4.69, 9.17) is 9.47 Å². The van der Waals surface area contributed by atoms with Crippen LogP contribution in [0.15, 0.2) is 30.0 Å². The van der Waals surface area contributed by atoms with Crippen molar-refractivity contribution in [3.8, 4) is 5.75 Å². The third-order valence-electron chi connectivity index (χ3n) is 5.75. The van der Waals surface area contributed by atoms with E-state index in [1.807, 2.05) is 32.0 Å². The zero-order valence-electron chi connectivity index (χ0n) is 18.5. The minimum Gasteiger partial charge on any atom is -0.468 e. The van der Waals surface area contributed by atoms with Gasteiger partial charge >= 0.3 is 6.03 Å². The van der Waals surface area contributed by atoms with Gasteiger partial charge in [-0.3, -0.25) is 14.5 Å². The van der Waals surface area contributed by atoms with Crippen molar-refractivity contribution >= 4 is 23.9 Å². The molecule has 168 valence electrons. The van der Waals surface area contributed by atoms with Crippen LogP contribution in [0.4, 0.5) is 4.79 Å². The summed E-state index contributed by atoms with van der Waals surface area (Å²) in [6.07, 6.45) is 6.45. The van der Waals surface area contributed by atoms with Gasteiger partial charge in [-0.2, -0.15) is 0 Å². The van der Waals surface area contributed by atoms with Crippen LogP contribution in [0.3, 0.4) is 0 Å². The summed E-state index contributed by atoms with van der Waals surface area (Å²) in [6, 6.07) is 6.75. The van der Waals surface area contributed by atoms with Crippen LogP contribution in [0.25, 0.3) is 6.08 Å². The number of likely N-dealkylation sites (N-methyl/N-ethyl adjacent to an activating group) is 2. The molecule has 1 aliphatic heterocycles. The number of carbonyl (C=O) groups excluding carboxylic acids is 3. The van der Waals surface area contributed by atoms with Crippen LogP contribution in [0.1, 0.15) is 45.1 Å². The van der Waals surface area contributed by atoms with Crippen molar-refractivity contribution in [2.45, 2.75) is 45.6 Å². The molecule has 3 rings (SSSR count). The first kappa shape index (κ1) is 22.8. The molecule has 1 saturated heterocycles. The van der Waals surface area contributed by atoms with Gasteiger partial charge in [0.2, 0.25) is 5.91 Å². The number of nitrogens with zero attached hydrogens (tertiary/aromatic N) is 3. The topological polar surface area (TPSA) is 79.4 Å². The monoisotopic (exact) mass is 429 g/mol. The zero-order valence-corrected chi connectivity index (χ0v) is 18.5. The van der Waals surface area contributed by atoms with E-state index in [1.54, 1.807) is 17.0 Å². The van der Waals surface area contributed by atoms with Gasteiger partial charge in [0.1, 0.15) is 18.0 Å². The van der Waals surface area contributed by atoms with E-state index in [0.29, 0.717) is 18.8 Å². The summed E-state index contributed by atoms with van der Waals surface area (Å²) in [7, 11) is 1.53. The molecule has 1 aromatic carbocycles. The lowest BCUT2D eigenvalue weighted by Crippen LogP contribution is -2.43. The largest absolute Gasteiger partial charge is 0.468 e. The van der Waals surface area contributed by atoms with Crippen molar-refractivity contribution in [3.63, 3.8) is 0 Å².